The van der Waals surface area contributed by atoms with Gasteiger partial charge in [-0.25, -0.2) is 4.79 Å². The molecule has 1 rings (SSSR count). The first kappa shape index (κ1) is 10.2. The average molecular weight is 199 g/mol. The van der Waals surface area contributed by atoms with Crippen LogP contribution >= 0.6 is 0 Å². The van der Waals surface area contributed by atoms with Gasteiger partial charge in [0.25, 0.3) is 0 Å². The molecule has 0 bridgehead atoms. The number of aryl methyl sites for hydroxylation is 1. The Morgan fingerprint density at radius 2 is 2.43 bits per heavy atom. The molecule has 0 aliphatic heterocycles. The van der Waals surface area contributed by atoms with E-state index in [2.05, 4.69) is 9.84 Å². The second kappa shape index (κ2) is 3.86. The molecule has 1 aromatic rings. The maximum absolute atomic E-state index is 11.2. The molecular weight excluding hydrogens is 190 g/mol. The summed E-state index contributed by atoms with van der Waals surface area (Å²) in [5.74, 6) is -0.980. The van der Waals surface area contributed by atoms with Gasteiger partial charge >= 0.3 is 11.8 Å². The van der Waals surface area contributed by atoms with Crippen LogP contribution in [0.5, 0.6) is 0 Å². The van der Waals surface area contributed by atoms with Crippen LogP contribution in [0.2, 0.25) is 0 Å². The van der Waals surface area contributed by atoms with Gasteiger partial charge in [-0.15, -0.1) is 0 Å². The van der Waals surface area contributed by atoms with Gasteiger partial charge in [0.05, 0.1) is 24.8 Å². The lowest BCUT2D eigenvalue weighted by Crippen LogP contribution is -2.10. The molecule has 0 aromatic carbocycles. The molecule has 76 valence electrons. The molecule has 0 N–H and O–H groups in total. The molecule has 14 heavy (non-hydrogen) atoms. The first-order valence-corrected chi connectivity index (χ1v) is 3.91. The lowest BCUT2D eigenvalue weighted by molar-refractivity contribution is -0.389. The van der Waals surface area contributed by atoms with Crippen molar-refractivity contribution < 1.29 is 14.5 Å². The highest BCUT2D eigenvalue weighted by molar-refractivity contribution is 5.88. The van der Waals surface area contributed by atoms with E-state index in [4.69, 9.17) is 0 Å². The SMILES string of the molecule is CCOC(=O)c1cc([N+](=O)[O-])nn1C. The Labute approximate surface area is 79.4 Å². The predicted octanol–water partition coefficient (Wildman–Crippen LogP) is 0.505. The summed E-state index contributed by atoms with van der Waals surface area (Å²) in [6.07, 6.45) is 0. The molecule has 0 amide bonds. The van der Waals surface area contributed by atoms with Gasteiger partial charge in [-0.2, -0.15) is 4.68 Å². The lowest BCUT2D eigenvalue weighted by Gasteiger charge is -1.97. The summed E-state index contributed by atoms with van der Waals surface area (Å²) in [6, 6.07) is 1.08. The van der Waals surface area contributed by atoms with Crippen molar-refractivity contribution in [3.63, 3.8) is 0 Å². The van der Waals surface area contributed by atoms with Crippen LogP contribution in [0.4, 0.5) is 5.82 Å². The number of ether oxygens (including phenoxy) is 1. The Balaban J connectivity index is 2.98. The third-order valence-electron chi connectivity index (χ3n) is 1.54. The number of esters is 1. The summed E-state index contributed by atoms with van der Waals surface area (Å²) < 4.78 is 5.80. The third-order valence-corrected chi connectivity index (χ3v) is 1.54. The van der Waals surface area contributed by atoms with Crippen molar-refractivity contribution in [3.05, 3.63) is 21.9 Å². The summed E-state index contributed by atoms with van der Waals surface area (Å²) in [5.41, 5.74) is 0.0681. The van der Waals surface area contributed by atoms with Crippen molar-refractivity contribution in [2.45, 2.75) is 6.92 Å². The van der Waals surface area contributed by atoms with Crippen molar-refractivity contribution in [1.29, 1.82) is 0 Å². The van der Waals surface area contributed by atoms with Gasteiger partial charge in [0.1, 0.15) is 0 Å². The molecule has 0 atom stereocenters. The molecule has 7 nitrogen and oxygen atoms in total. The Morgan fingerprint density at radius 1 is 1.79 bits per heavy atom. The summed E-state index contributed by atoms with van der Waals surface area (Å²) in [4.78, 5) is 20.9. The number of rotatable bonds is 3. The minimum absolute atomic E-state index is 0.0681. The van der Waals surface area contributed by atoms with E-state index in [1.165, 1.54) is 7.05 Å². The first-order chi connectivity index (χ1) is 6.56. The smallest absolute Gasteiger partial charge is 0.390 e. The monoisotopic (exact) mass is 199 g/mol. The standard InChI is InChI=1S/C7H9N3O4/c1-3-14-7(11)5-4-6(10(12)13)8-9(5)2/h4H,3H2,1-2H3. The topological polar surface area (TPSA) is 87.3 Å². The quantitative estimate of drug-likeness (QED) is 0.402. The second-order valence-electron chi connectivity index (χ2n) is 2.49. The molecule has 1 heterocycles. The molecule has 0 saturated heterocycles. The molecule has 0 unspecified atom stereocenters. The summed E-state index contributed by atoms with van der Waals surface area (Å²) >= 11 is 0. The Morgan fingerprint density at radius 3 is 2.86 bits per heavy atom. The normalized spacial score (nSPS) is 9.86. The molecular formula is C7H9N3O4. The van der Waals surface area contributed by atoms with Crippen LogP contribution in [0.1, 0.15) is 17.4 Å². The molecule has 1 aromatic heterocycles. The van der Waals surface area contributed by atoms with Gasteiger partial charge in [-0.1, -0.05) is 0 Å². The zero-order chi connectivity index (χ0) is 10.7. The molecule has 0 aliphatic rings. The fourth-order valence-corrected chi connectivity index (χ4v) is 0.937. The Kier molecular flexibility index (Phi) is 2.80. The largest absolute Gasteiger partial charge is 0.461 e. The lowest BCUT2D eigenvalue weighted by atomic mass is 10.4. The fraction of sp³-hybridized carbons (Fsp3) is 0.429. The fourth-order valence-electron chi connectivity index (χ4n) is 0.937. The number of nitrogens with zero attached hydrogens (tertiary/aromatic N) is 3. The number of nitro groups is 1. The van der Waals surface area contributed by atoms with Crippen LogP contribution in [0.25, 0.3) is 0 Å². The van der Waals surface area contributed by atoms with Gasteiger partial charge in [-0.05, 0) is 11.8 Å². The summed E-state index contributed by atoms with van der Waals surface area (Å²) in [6.45, 7) is 1.88. The second-order valence-corrected chi connectivity index (χ2v) is 2.49. The van der Waals surface area contributed by atoms with E-state index in [0.29, 0.717) is 0 Å². The zero-order valence-electron chi connectivity index (χ0n) is 7.76. The van der Waals surface area contributed by atoms with E-state index in [1.807, 2.05) is 0 Å². The van der Waals surface area contributed by atoms with Gasteiger partial charge in [-0.3, -0.25) is 0 Å². The van der Waals surface area contributed by atoms with Crippen LogP contribution in [0.3, 0.4) is 0 Å². The van der Waals surface area contributed by atoms with E-state index in [1.54, 1.807) is 6.92 Å². The highest BCUT2D eigenvalue weighted by atomic mass is 16.6. The number of hydrogen-bond acceptors (Lipinski definition) is 5. The van der Waals surface area contributed by atoms with E-state index in [0.717, 1.165) is 10.7 Å². The third kappa shape index (κ3) is 1.87. The maximum Gasteiger partial charge on any atom is 0.390 e. The predicted molar refractivity (Wildman–Crippen MR) is 45.8 cm³/mol. The van der Waals surface area contributed by atoms with Crippen molar-refractivity contribution in [3.8, 4) is 0 Å². The van der Waals surface area contributed by atoms with Gasteiger partial charge in [0.2, 0.25) is 0 Å². The van der Waals surface area contributed by atoms with Crippen LogP contribution in [0, 0.1) is 10.1 Å². The molecule has 0 spiro atoms. The molecule has 0 fully saturated rings. The Hall–Kier alpha value is -1.92. The van der Waals surface area contributed by atoms with Crippen LogP contribution in [0.15, 0.2) is 6.07 Å². The average Bonchev–Trinajstić information content (AvgIpc) is 2.48. The molecule has 0 aliphatic carbocycles. The minimum Gasteiger partial charge on any atom is -0.461 e. The van der Waals surface area contributed by atoms with Crippen LogP contribution in [-0.4, -0.2) is 27.3 Å². The maximum atomic E-state index is 11.2. The minimum atomic E-state index is -0.664. The number of aromatic nitrogens is 2. The zero-order valence-corrected chi connectivity index (χ0v) is 7.76. The number of carbonyl (C=O) groups excluding carboxylic acids is 1. The first-order valence-electron chi connectivity index (χ1n) is 3.91. The summed E-state index contributed by atoms with van der Waals surface area (Å²) in [7, 11) is 1.44. The van der Waals surface area contributed by atoms with E-state index < -0.39 is 10.9 Å². The highest BCUT2D eigenvalue weighted by Gasteiger charge is 2.21. The van der Waals surface area contributed by atoms with Crippen LogP contribution in [-0.2, 0) is 11.8 Å². The highest BCUT2D eigenvalue weighted by Crippen LogP contribution is 2.11. The van der Waals surface area contributed by atoms with E-state index in [9.17, 15) is 14.9 Å². The number of hydrogen-bond donors (Lipinski definition) is 0. The van der Waals surface area contributed by atoms with E-state index in [-0.39, 0.29) is 18.1 Å². The van der Waals surface area contributed by atoms with Crippen LogP contribution < -0.4 is 0 Å². The van der Waals surface area contributed by atoms with Gasteiger partial charge in [0.15, 0.2) is 5.69 Å². The van der Waals surface area contributed by atoms with Crippen molar-refractivity contribution >= 4 is 11.8 Å². The van der Waals surface area contributed by atoms with Crippen molar-refractivity contribution in [1.82, 2.24) is 9.78 Å². The summed E-state index contributed by atoms with van der Waals surface area (Å²) in [5, 5.41) is 13.9. The Bertz CT molecular complexity index is 371. The van der Waals surface area contributed by atoms with E-state index >= 15 is 0 Å². The van der Waals surface area contributed by atoms with Crippen molar-refractivity contribution in [2.75, 3.05) is 6.61 Å². The van der Waals surface area contributed by atoms with Gasteiger partial charge in [0, 0.05) is 0 Å². The van der Waals surface area contributed by atoms with Gasteiger partial charge < -0.3 is 14.9 Å². The molecule has 7 heteroatoms. The molecule has 0 radical (unpaired) electrons. The number of carbonyl (C=O) groups is 1. The van der Waals surface area contributed by atoms with Crippen molar-refractivity contribution in [2.24, 2.45) is 7.05 Å². The molecule has 0 saturated carbocycles.